The van der Waals surface area contributed by atoms with Crippen LogP contribution < -0.4 is 4.89 Å². The molecule has 0 aliphatic heterocycles. The van der Waals surface area contributed by atoms with Crippen LogP contribution in [0.1, 0.15) is 200 Å². The quantitative estimate of drug-likeness (QED) is 0.0152. The van der Waals surface area contributed by atoms with E-state index in [0.29, 0.717) is 17.4 Å². The van der Waals surface area contributed by atoms with Gasteiger partial charge in [-0.05, 0) is 51.0 Å². The van der Waals surface area contributed by atoms with Gasteiger partial charge in [0.1, 0.15) is 19.8 Å². The Hall–Kier alpha value is -1.18. The van der Waals surface area contributed by atoms with Crippen molar-refractivity contribution >= 4 is 13.8 Å². The zero-order valence-corrected chi connectivity index (χ0v) is 36.4. The van der Waals surface area contributed by atoms with E-state index in [4.69, 9.17) is 18.5 Å². The van der Waals surface area contributed by atoms with Gasteiger partial charge < -0.3 is 27.9 Å². The normalized spacial score (nSPS) is 13.9. The summed E-state index contributed by atoms with van der Waals surface area (Å²) in [5.74, 6) is -0.363. The highest BCUT2D eigenvalue weighted by molar-refractivity contribution is 7.45. The van der Waals surface area contributed by atoms with E-state index in [1.807, 2.05) is 27.2 Å². The smallest absolute Gasteiger partial charge is 0.306 e. The molecule has 0 N–H and O–H groups in total. The molecule has 0 heterocycles. The molecule has 0 radical (unpaired) electrons. The molecule has 0 aromatic rings. The summed E-state index contributed by atoms with van der Waals surface area (Å²) in [4.78, 5) is 25.0. The number of carbonyl (C=O) groups excluding carboxylic acids is 1. The van der Waals surface area contributed by atoms with Gasteiger partial charge in [0, 0.05) is 6.42 Å². The van der Waals surface area contributed by atoms with Crippen LogP contribution in [0.5, 0.6) is 0 Å². The molecular weight excluding hydrogens is 685 g/mol. The van der Waals surface area contributed by atoms with Crippen LogP contribution in [0, 0.1) is 0 Å². The number of unbranched alkanes of at least 4 members (excludes halogenated alkanes) is 25. The van der Waals surface area contributed by atoms with E-state index in [2.05, 4.69) is 26.0 Å². The molecule has 0 amide bonds. The van der Waals surface area contributed by atoms with Crippen LogP contribution in [0.2, 0.25) is 0 Å². The predicted molar refractivity (Wildman–Crippen MR) is 222 cm³/mol. The zero-order valence-electron chi connectivity index (χ0n) is 35.5. The van der Waals surface area contributed by atoms with E-state index in [1.54, 1.807) is 6.26 Å². The van der Waals surface area contributed by atoms with E-state index >= 15 is 0 Å². The van der Waals surface area contributed by atoms with E-state index < -0.39 is 13.9 Å². The highest BCUT2D eigenvalue weighted by Crippen LogP contribution is 2.38. The van der Waals surface area contributed by atoms with Gasteiger partial charge in [0.15, 0.2) is 6.10 Å². The maximum atomic E-state index is 12.6. The summed E-state index contributed by atoms with van der Waals surface area (Å²) in [6.07, 6.45) is 42.8. The molecule has 0 aromatic heterocycles. The monoisotopic (exact) mass is 772 g/mol. The number of hydrogen-bond acceptors (Lipinski definition) is 7. The minimum atomic E-state index is -4.54. The molecule has 0 aromatic carbocycles. The van der Waals surface area contributed by atoms with Gasteiger partial charge in [0.25, 0.3) is 7.82 Å². The second kappa shape index (κ2) is 37.7. The Morgan fingerprint density at radius 3 is 1.45 bits per heavy atom. The van der Waals surface area contributed by atoms with Crippen LogP contribution in [0.3, 0.4) is 0 Å². The van der Waals surface area contributed by atoms with Gasteiger partial charge in [-0.2, -0.15) is 0 Å². The van der Waals surface area contributed by atoms with E-state index in [9.17, 15) is 14.3 Å². The van der Waals surface area contributed by atoms with Gasteiger partial charge in [0.2, 0.25) is 0 Å². The van der Waals surface area contributed by atoms with Crippen molar-refractivity contribution in [1.29, 1.82) is 0 Å². The Labute approximate surface area is 328 Å². The summed E-state index contributed by atoms with van der Waals surface area (Å²) in [6, 6.07) is 0. The largest absolute Gasteiger partial charge is 0.756 e. The van der Waals surface area contributed by atoms with Gasteiger partial charge in [-0.15, -0.1) is 0 Å². The number of likely N-dealkylation sites (N-methyl/N-ethyl adjacent to an activating group) is 1. The minimum Gasteiger partial charge on any atom is -0.756 e. The van der Waals surface area contributed by atoms with Crippen LogP contribution in [-0.2, 0) is 27.9 Å². The first-order valence-corrected chi connectivity index (χ1v) is 23.6. The summed E-state index contributed by atoms with van der Waals surface area (Å²) in [5.41, 5.74) is 0. The molecule has 0 fully saturated rings. The number of hydrogen-bond donors (Lipinski definition) is 0. The fourth-order valence-corrected chi connectivity index (χ4v) is 6.82. The second-order valence-electron chi connectivity index (χ2n) is 16.1. The number of ether oxygens (including phenoxy) is 2. The lowest BCUT2D eigenvalue weighted by molar-refractivity contribution is -0.870. The van der Waals surface area contributed by atoms with Crippen molar-refractivity contribution in [3.63, 3.8) is 0 Å². The average Bonchev–Trinajstić information content (AvgIpc) is 3.11. The molecule has 9 heteroatoms. The first kappa shape index (κ1) is 51.8. The Kier molecular flexibility index (Phi) is 36.9. The highest BCUT2D eigenvalue weighted by Gasteiger charge is 2.20. The van der Waals surface area contributed by atoms with Crippen molar-refractivity contribution in [2.45, 2.75) is 206 Å². The number of phosphoric ester groups is 1. The lowest BCUT2D eigenvalue weighted by Crippen LogP contribution is -2.37. The van der Waals surface area contributed by atoms with Crippen molar-refractivity contribution in [3.05, 3.63) is 24.5 Å². The Morgan fingerprint density at radius 1 is 0.585 bits per heavy atom. The summed E-state index contributed by atoms with van der Waals surface area (Å²) in [5, 5.41) is 0. The van der Waals surface area contributed by atoms with E-state index in [0.717, 1.165) is 44.9 Å². The number of carbonyl (C=O) groups is 1. The van der Waals surface area contributed by atoms with E-state index in [1.165, 1.54) is 135 Å². The van der Waals surface area contributed by atoms with Gasteiger partial charge in [-0.3, -0.25) is 9.36 Å². The topological polar surface area (TPSA) is 94.1 Å². The average molecular weight is 772 g/mol. The zero-order chi connectivity index (χ0) is 39.1. The molecule has 0 rings (SSSR count). The molecular formula is C44H86NO7P. The number of esters is 1. The van der Waals surface area contributed by atoms with Crippen LogP contribution in [0.25, 0.3) is 0 Å². The van der Waals surface area contributed by atoms with Crippen molar-refractivity contribution in [3.8, 4) is 0 Å². The predicted octanol–water partition coefficient (Wildman–Crippen LogP) is 12.5. The lowest BCUT2D eigenvalue weighted by Gasteiger charge is -2.28. The molecule has 0 saturated heterocycles. The standard InChI is InChI=1S/C44H86NO7P/c1-6-8-10-12-14-16-18-20-22-24-26-28-30-32-34-36-39-49-41-43(42-51-53(47,48)50-40-38-45(3,4)5)52-44(46)37-35-33-31-29-27-25-23-21-19-17-15-13-11-9-7-2/h21,23,36,39,43H,6-20,22,24-35,37-38,40-42H2,1-5H3/b23-21+,39-36+. The van der Waals surface area contributed by atoms with Gasteiger partial charge in [-0.25, -0.2) is 0 Å². The minimum absolute atomic E-state index is 0.0166. The maximum Gasteiger partial charge on any atom is 0.306 e. The van der Waals surface area contributed by atoms with Crippen molar-refractivity contribution < 1.29 is 37.3 Å². The molecule has 0 saturated carbocycles. The van der Waals surface area contributed by atoms with Crippen LogP contribution in [-0.4, -0.2) is 64.1 Å². The van der Waals surface area contributed by atoms with Crippen molar-refractivity contribution in [1.82, 2.24) is 0 Å². The molecule has 0 aliphatic rings. The number of quaternary nitrogens is 1. The fraction of sp³-hybridized carbons (Fsp3) is 0.886. The summed E-state index contributed by atoms with van der Waals surface area (Å²) in [7, 11) is 1.32. The van der Waals surface area contributed by atoms with Gasteiger partial charge in [0.05, 0.1) is 34.0 Å². The molecule has 0 spiro atoms. The van der Waals surface area contributed by atoms with Crippen LogP contribution in [0.15, 0.2) is 24.5 Å². The molecule has 8 nitrogen and oxygen atoms in total. The second-order valence-corrected chi connectivity index (χ2v) is 17.5. The third kappa shape index (κ3) is 41.8. The summed E-state index contributed by atoms with van der Waals surface area (Å²) < 4.78 is 34.3. The van der Waals surface area contributed by atoms with E-state index in [-0.39, 0.29) is 25.8 Å². The van der Waals surface area contributed by atoms with Gasteiger partial charge in [-0.1, -0.05) is 161 Å². The first-order valence-electron chi connectivity index (χ1n) is 22.1. The number of nitrogens with zero attached hydrogens (tertiary/aromatic N) is 1. The molecule has 314 valence electrons. The Balaban J connectivity index is 4.28. The molecule has 0 aliphatic carbocycles. The molecule has 0 bridgehead atoms. The SMILES string of the molecule is CCCCCCCC/C=C/CCCCCCCC(=O)OC(CO/C=C/CCCCCCCCCCCCCCCC)COP(=O)([O-])OCC[N+](C)(C)C. The Morgan fingerprint density at radius 2 is 1.00 bits per heavy atom. The summed E-state index contributed by atoms with van der Waals surface area (Å²) >= 11 is 0. The lowest BCUT2D eigenvalue weighted by atomic mass is 10.0. The van der Waals surface area contributed by atoms with Crippen LogP contribution >= 0.6 is 7.82 Å². The molecule has 53 heavy (non-hydrogen) atoms. The first-order chi connectivity index (χ1) is 25.6. The molecule has 2 unspecified atom stereocenters. The fourth-order valence-electron chi connectivity index (χ4n) is 6.09. The summed E-state index contributed by atoms with van der Waals surface area (Å²) in [6.45, 7) is 4.74. The maximum absolute atomic E-state index is 12.6. The van der Waals surface area contributed by atoms with Crippen molar-refractivity contribution in [2.24, 2.45) is 0 Å². The third-order valence-corrected chi connectivity index (χ3v) is 10.5. The number of rotatable bonds is 41. The Bertz CT molecular complexity index is 905. The van der Waals surface area contributed by atoms with Crippen molar-refractivity contribution in [2.75, 3.05) is 47.5 Å². The number of allylic oxidation sites excluding steroid dienone is 3. The number of phosphoric acid groups is 1. The highest BCUT2D eigenvalue weighted by atomic mass is 31.2. The van der Waals surface area contributed by atoms with Crippen LogP contribution in [0.4, 0.5) is 0 Å². The third-order valence-electron chi connectivity index (χ3n) is 9.57. The molecule has 2 atom stereocenters. The van der Waals surface area contributed by atoms with Gasteiger partial charge >= 0.3 is 5.97 Å².